The molecule has 0 amide bonds. The predicted molar refractivity (Wildman–Crippen MR) is 122 cm³/mol. The van der Waals surface area contributed by atoms with Gasteiger partial charge in [-0.15, -0.1) is 0 Å². The van der Waals surface area contributed by atoms with Crippen LogP contribution in [-0.4, -0.2) is 27.7 Å². The van der Waals surface area contributed by atoms with E-state index < -0.39 is 20.0 Å². The molecule has 3 aromatic carbocycles. The Labute approximate surface area is 183 Å². The molecular weight excluding hydrogens is 432 g/mol. The summed E-state index contributed by atoms with van der Waals surface area (Å²) in [6.45, 7) is 2.48. The highest BCUT2D eigenvalue weighted by molar-refractivity contribution is 7.92. The van der Waals surface area contributed by atoms with Crippen LogP contribution in [0.5, 0.6) is 0 Å². The van der Waals surface area contributed by atoms with Crippen molar-refractivity contribution in [1.29, 1.82) is 0 Å². The third-order valence-electron chi connectivity index (χ3n) is 5.44. The van der Waals surface area contributed by atoms with Crippen molar-refractivity contribution in [3.05, 3.63) is 95.1 Å². The molecule has 0 atom stereocenters. The Balaban J connectivity index is 1.54. The van der Waals surface area contributed by atoms with E-state index in [4.69, 9.17) is 0 Å². The lowest BCUT2D eigenvalue weighted by molar-refractivity contribution is 0.391. The Bertz CT molecular complexity index is 1300. The van der Waals surface area contributed by atoms with Crippen LogP contribution >= 0.6 is 0 Å². The van der Waals surface area contributed by atoms with Gasteiger partial charge < -0.3 is 0 Å². The first kappa shape index (κ1) is 21.5. The van der Waals surface area contributed by atoms with Crippen molar-refractivity contribution in [1.82, 2.24) is 4.31 Å². The number of aryl methyl sites for hydroxylation is 1. The van der Waals surface area contributed by atoms with E-state index in [1.54, 1.807) is 48.5 Å². The number of nitrogens with one attached hydrogen (secondary N) is 1. The van der Waals surface area contributed by atoms with Crippen LogP contribution in [0.3, 0.4) is 0 Å². The molecule has 0 aromatic heterocycles. The highest BCUT2D eigenvalue weighted by Crippen LogP contribution is 2.27. The molecule has 0 saturated heterocycles. The SMILES string of the molecule is Cc1ccccc1CS(=O)(=O)Nc1ccc2c(c1)CN(S(=O)(=O)c1ccccc1)CC2. The van der Waals surface area contributed by atoms with Crippen molar-refractivity contribution >= 4 is 25.7 Å². The first-order valence-corrected chi connectivity index (χ1v) is 13.1. The van der Waals surface area contributed by atoms with Crippen molar-refractivity contribution < 1.29 is 16.8 Å². The van der Waals surface area contributed by atoms with Crippen molar-refractivity contribution in [3.63, 3.8) is 0 Å². The average Bonchev–Trinajstić information content (AvgIpc) is 2.75. The maximum absolute atomic E-state index is 13.0. The Kier molecular flexibility index (Phi) is 5.88. The molecule has 0 saturated carbocycles. The van der Waals surface area contributed by atoms with Gasteiger partial charge in [-0.2, -0.15) is 4.31 Å². The minimum atomic E-state index is -3.60. The van der Waals surface area contributed by atoms with Crippen molar-refractivity contribution in [2.45, 2.75) is 30.5 Å². The van der Waals surface area contributed by atoms with Crippen LogP contribution in [0.15, 0.2) is 77.7 Å². The number of rotatable bonds is 6. The van der Waals surface area contributed by atoms with Crippen molar-refractivity contribution in [3.8, 4) is 0 Å². The first-order chi connectivity index (χ1) is 14.7. The van der Waals surface area contributed by atoms with Gasteiger partial charge in [-0.1, -0.05) is 48.5 Å². The summed E-state index contributed by atoms with van der Waals surface area (Å²) in [6.07, 6.45) is 0.581. The molecule has 8 heteroatoms. The maximum atomic E-state index is 13.0. The smallest absolute Gasteiger partial charge is 0.243 e. The maximum Gasteiger partial charge on any atom is 0.243 e. The van der Waals surface area contributed by atoms with E-state index in [9.17, 15) is 16.8 Å². The van der Waals surface area contributed by atoms with Gasteiger partial charge in [0.2, 0.25) is 20.0 Å². The summed E-state index contributed by atoms with van der Waals surface area (Å²) < 4.78 is 55.4. The number of nitrogens with zero attached hydrogens (tertiary/aromatic N) is 1. The molecular formula is C23H24N2O4S2. The lowest BCUT2D eigenvalue weighted by Gasteiger charge is -2.28. The van der Waals surface area contributed by atoms with E-state index in [0.29, 0.717) is 18.7 Å². The second kappa shape index (κ2) is 8.45. The zero-order chi connectivity index (χ0) is 22.1. The number of hydrogen-bond acceptors (Lipinski definition) is 4. The lowest BCUT2D eigenvalue weighted by Crippen LogP contribution is -2.36. The average molecular weight is 457 g/mol. The second-order valence-electron chi connectivity index (χ2n) is 7.67. The molecule has 0 spiro atoms. The van der Waals surface area contributed by atoms with Gasteiger partial charge in [-0.25, -0.2) is 16.8 Å². The summed E-state index contributed by atoms with van der Waals surface area (Å²) in [5, 5.41) is 0. The third-order valence-corrected chi connectivity index (χ3v) is 8.54. The summed E-state index contributed by atoms with van der Waals surface area (Å²) in [7, 11) is -7.21. The molecule has 1 heterocycles. The van der Waals surface area contributed by atoms with Crippen molar-refractivity contribution in [2.24, 2.45) is 0 Å². The summed E-state index contributed by atoms with van der Waals surface area (Å²) in [5.41, 5.74) is 3.93. The third kappa shape index (κ3) is 4.81. The topological polar surface area (TPSA) is 83.6 Å². The lowest BCUT2D eigenvalue weighted by atomic mass is 10.0. The summed E-state index contributed by atoms with van der Waals surface area (Å²) in [4.78, 5) is 0.258. The Morgan fingerprint density at radius 2 is 1.58 bits per heavy atom. The Hall–Kier alpha value is -2.68. The van der Waals surface area contributed by atoms with E-state index in [1.807, 2.05) is 31.2 Å². The quantitative estimate of drug-likeness (QED) is 0.613. The molecule has 1 aliphatic heterocycles. The van der Waals surface area contributed by atoms with Gasteiger partial charge in [-0.3, -0.25) is 4.72 Å². The fourth-order valence-corrected chi connectivity index (χ4v) is 6.47. The number of fused-ring (bicyclic) bond motifs is 1. The normalized spacial score (nSPS) is 14.7. The molecule has 0 fully saturated rings. The van der Waals surface area contributed by atoms with Crippen LogP contribution in [0.2, 0.25) is 0 Å². The van der Waals surface area contributed by atoms with Gasteiger partial charge >= 0.3 is 0 Å². The first-order valence-electron chi connectivity index (χ1n) is 9.97. The van der Waals surface area contributed by atoms with E-state index >= 15 is 0 Å². The number of anilines is 1. The van der Waals surface area contributed by atoms with Crippen LogP contribution in [0.4, 0.5) is 5.69 Å². The minimum absolute atomic E-state index is 0.120. The molecule has 0 bridgehead atoms. The zero-order valence-electron chi connectivity index (χ0n) is 17.2. The molecule has 0 unspecified atom stereocenters. The number of sulfonamides is 2. The molecule has 6 nitrogen and oxygen atoms in total. The highest BCUT2D eigenvalue weighted by Gasteiger charge is 2.28. The summed E-state index contributed by atoms with van der Waals surface area (Å²) in [6, 6.07) is 21.1. The zero-order valence-corrected chi connectivity index (χ0v) is 18.8. The van der Waals surface area contributed by atoms with Gasteiger partial charge in [0.1, 0.15) is 0 Å². The largest absolute Gasteiger partial charge is 0.283 e. The monoisotopic (exact) mass is 456 g/mol. The second-order valence-corrected chi connectivity index (χ2v) is 11.3. The van der Waals surface area contributed by atoms with Crippen LogP contribution < -0.4 is 4.72 Å². The molecule has 3 aromatic rings. The van der Waals surface area contributed by atoms with Crippen LogP contribution in [0.25, 0.3) is 0 Å². The van der Waals surface area contributed by atoms with Crippen LogP contribution in [0, 0.1) is 6.92 Å². The molecule has 0 radical (unpaired) electrons. The van der Waals surface area contributed by atoms with Crippen LogP contribution in [-0.2, 0) is 38.8 Å². The highest BCUT2D eigenvalue weighted by atomic mass is 32.2. The number of benzene rings is 3. The minimum Gasteiger partial charge on any atom is -0.283 e. The van der Waals surface area contributed by atoms with Crippen LogP contribution in [0.1, 0.15) is 22.3 Å². The summed E-state index contributed by atoms with van der Waals surface area (Å²) in [5.74, 6) is -0.120. The predicted octanol–water partition coefficient (Wildman–Crippen LogP) is 3.68. The summed E-state index contributed by atoms with van der Waals surface area (Å²) >= 11 is 0. The van der Waals surface area contributed by atoms with E-state index in [1.165, 1.54) is 4.31 Å². The molecule has 31 heavy (non-hydrogen) atoms. The van der Waals surface area contributed by atoms with E-state index in [0.717, 1.165) is 22.3 Å². The number of hydrogen-bond donors (Lipinski definition) is 1. The van der Waals surface area contributed by atoms with Gasteiger partial charge in [0, 0.05) is 18.8 Å². The fourth-order valence-electron chi connectivity index (χ4n) is 3.73. The molecule has 4 rings (SSSR count). The molecule has 162 valence electrons. The Morgan fingerprint density at radius 3 is 2.32 bits per heavy atom. The Morgan fingerprint density at radius 1 is 0.871 bits per heavy atom. The van der Waals surface area contributed by atoms with Gasteiger partial charge in [0.15, 0.2) is 0 Å². The standard InChI is InChI=1S/C23H24N2O4S2/c1-18-7-5-6-8-20(18)17-30(26,27)24-22-12-11-19-13-14-25(16-21(19)15-22)31(28,29)23-9-3-2-4-10-23/h2-12,15,24H,13-14,16-17H2,1H3. The molecule has 0 aliphatic carbocycles. The van der Waals surface area contributed by atoms with Gasteiger partial charge in [0.05, 0.1) is 10.6 Å². The molecule has 1 N–H and O–H groups in total. The fraction of sp³-hybridized carbons (Fsp3) is 0.217. The van der Waals surface area contributed by atoms with Gasteiger partial charge in [-0.05, 0) is 59.9 Å². The van der Waals surface area contributed by atoms with E-state index in [2.05, 4.69) is 4.72 Å². The molecule has 1 aliphatic rings. The van der Waals surface area contributed by atoms with Crippen molar-refractivity contribution in [2.75, 3.05) is 11.3 Å². The van der Waals surface area contributed by atoms with E-state index in [-0.39, 0.29) is 17.2 Å². The van der Waals surface area contributed by atoms with Gasteiger partial charge in [0.25, 0.3) is 0 Å².